The molecule has 0 fully saturated rings. The maximum atomic E-state index is 13.7. The summed E-state index contributed by atoms with van der Waals surface area (Å²) in [5.74, 6) is -1.05. The van der Waals surface area contributed by atoms with Crippen LogP contribution < -0.4 is 5.32 Å². The van der Waals surface area contributed by atoms with Crippen LogP contribution in [0.1, 0.15) is 32.8 Å². The second-order valence-electron chi connectivity index (χ2n) is 4.92. The monoisotopic (exact) mass is 271 g/mol. The number of hydrogen-bond donors (Lipinski definition) is 1. The third-order valence-electron chi connectivity index (χ3n) is 3.80. The van der Waals surface area contributed by atoms with Gasteiger partial charge in [0.25, 0.3) is 0 Å². The molecule has 2 unspecified atom stereocenters. The van der Waals surface area contributed by atoms with Crippen molar-refractivity contribution in [3.63, 3.8) is 0 Å². The number of halogens is 2. The van der Waals surface area contributed by atoms with Gasteiger partial charge in [0.1, 0.15) is 11.6 Å². The van der Waals surface area contributed by atoms with Crippen LogP contribution in [0.5, 0.6) is 0 Å². The number of likely N-dealkylation sites (N-methyl/N-ethyl adjacent to an activating group) is 1. The SMILES string of the molecule is CCNC(Cc1ccc(F)cc1F)C(C)(CC)OC. The molecule has 19 heavy (non-hydrogen) atoms. The predicted molar refractivity (Wildman–Crippen MR) is 73.2 cm³/mol. The van der Waals surface area contributed by atoms with Crippen LogP contribution in [0.2, 0.25) is 0 Å². The van der Waals surface area contributed by atoms with Gasteiger partial charge in [-0.2, -0.15) is 0 Å². The highest BCUT2D eigenvalue weighted by molar-refractivity contribution is 5.20. The minimum Gasteiger partial charge on any atom is -0.377 e. The fourth-order valence-corrected chi connectivity index (χ4v) is 2.19. The van der Waals surface area contributed by atoms with E-state index >= 15 is 0 Å². The molecule has 1 N–H and O–H groups in total. The molecule has 2 nitrogen and oxygen atoms in total. The molecule has 4 heteroatoms. The Balaban J connectivity index is 2.95. The first-order valence-electron chi connectivity index (χ1n) is 6.69. The van der Waals surface area contributed by atoms with E-state index in [1.807, 2.05) is 20.8 Å². The van der Waals surface area contributed by atoms with Crippen molar-refractivity contribution >= 4 is 0 Å². The third-order valence-corrected chi connectivity index (χ3v) is 3.80. The molecular weight excluding hydrogens is 248 g/mol. The second kappa shape index (κ2) is 6.96. The summed E-state index contributed by atoms with van der Waals surface area (Å²) in [5.41, 5.74) is 0.126. The van der Waals surface area contributed by atoms with Crippen LogP contribution in [0.25, 0.3) is 0 Å². The largest absolute Gasteiger partial charge is 0.377 e. The van der Waals surface area contributed by atoms with Crippen LogP contribution in [0, 0.1) is 11.6 Å². The molecule has 0 aliphatic heterocycles. The zero-order valence-electron chi connectivity index (χ0n) is 12.1. The van der Waals surface area contributed by atoms with Crippen LogP contribution >= 0.6 is 0 Å². The molecule has 0 bridgehead atoms. The quantitative estimate of drug-likeness (QED) is 0.821. The minimum atomic E-state index is -0.550. The molecule has 0 aliphatic carbocycles. The summed E-state index contributed by atoms with van der Waals surface area (Å²) in [6, 6.07) is 3.69. The Bertz CT molecular complexity index is 405. The highest BCUT2D eigenvalue weighted by Gasteiger charge is 2.32. The van der Waals surface area contributed by atoms with Crippen molar-refractivity contribution in [1.82, 2.24) is 5.32 Å². The number of benzene rings is 1. The van der Waals surface area contributed by atoms with Crippen LogP contribution in [0.3, 0.4) is 0 Å². The molecule has 0 saturated carbocycles. The molecule has 108 valence electrons. The smallest absolute Gasteiger partial charge is 0.129 e. The molecular formula is C15H23F2NO. The van der Waals surface area contributed by atoms with Crippen LogP contribution in [0.15, 0.2) is 18.2 Å². The van der Waals surface area contributed by atoms with Crippen LogP contribution in [-0.2, 0) is 11.2 Å². The lowest BCUT2D eigenvalue weighted by molar-refractivity contribution is -0.0285. The van der Waals surface area contributed by atoms with Crippen LogP contribution in [0.4, 0.5) is 8.78 Å². The van der Waals surface area contributed by atoms with Gasteiger partial charge < -0.3 is 10.1 Å². The van der Waals surface area contributed by atoms with Crippen molar-refractivity contribution in [2.24, 2.45) is 0 Å². The lowest BCUT2D eigenvalue weighted by atomic mass is 9.88. The Morgan fingerprint density at radius 1 is 1.32 bits per heavy atom. The van der Waals surface area contributed by atoms with E-state index in [-0.39, 0.29) is 11.6 Å². The fourth-order valence-electron chi connectivity index (χ4n) is 2.19. The Morgan fingerprint density at radius 3 is 2.47 bits per heavy atom. The van der Waals surface area contributed by atoms with Gasteiger partial charge >= 0.3 is 0 Å². The standard InChI is InChI=1S/C15H23F2NO/c1-5-15(3,19-4)14(18-6-2)9-11-7-8-12(16)10-13(11)17/h7-8,10,14,18H,5-6,9H2,1-4H3. The Morgan fingerprint density at radius 2 is 2.00 bits per heavy atom. The van der Waals surface area contributed by atoms with Gasteiger partial charge in [0.2, 0.25) is 0 Å². The van der Waals surface area contributed by atoms with Gasteiger partial charge in [0.05, 0.1) is 5.60 Å². The summed E-state index contributed by atoms with van der Waals surface area (Å²) in [4.78, 5) is 0. The summed E-state index contributed by atoms with van der Waals surface area (Å²) in [7, 11) is 1.66. The van der Waals surface area contributed by atoms with E-state index in [4.69, 9.17) is 4.74 Å². The van der Waals surface area contributed by atoms with E-state index in [0.717, 1.165) is 19.0 Å². The summed E-state index contributed by atoms with van der Waals surface area (Å²) in [6.45, 7) is 6.81. The van der Waals surface area contributed by atoms with E-state index in [0.29, 0.717) is 12.0 Å². The topological polar surface area (TPSA) is 21.3 Å². The molecule has 2 atom stereocenters. The van der Waals surface area contributed by atoms with Gasteiger partial charge in [0, 0.05) is 19.2 Å². The molecule has 0 radical (unpaired) electrons. The lowest BCUT2D eigenvalue weighted by Crippen LogP contribution is -2.51. The van der Waals surface area contributed by atoms with Crippen molar-refractivity contribution < 1.29 is 13.5 Å². The zero-order chi connectivity index (χ0) is 14.5. The zero-order valence-corrected chi connectivity index (χ0v) is 12.1. The lowest BCUT2D eigenvalue weighted by Gasteiger charge is -2.36. The van der Waals surface area contributed by atoms with Gasteiger partial charge in [-0.1, -0.05) is 19.9 Å². The number of ether oxygens (including phenoxy) is 1. The summed E-state index contributed by atoms with van der Waals surface area (Å²) in [5, 5.41) is 3.33. The average Bonchev–Trinajstić information content (AvgIpc) is 2.40. The fraction of sp³-hybridized carbons (Fsp3) is 0.600. The van der Waals surface area contributed by atoms with Crippen LogP contribution in [-0.4, -0.2) is 25.3 Å². The van der Waals surface area contributed by atoms with E-state index in [1.165, 1.54) is 12.1 Å². The molecule has 1 rings (SSSR count). The molecule has 0 aliphatic rings. The van der Waals surface area contributed by atoms with Crippen molar-refractivity contribution in [3.8, 4) is 0 Å². The molecule has 0 saturated heterocycles. The number of methoxy groups -OCH3 is 1. The maximum Gasteiger partial charge on any atom is 0.129 e. The van der Waals surface area contributed by atoms with Gasteiger partial charge in [0.15, 0.2) is 0 Å². The van der Waals surface area contributed by atoms with Crippen molar-refractivity contribution in [3.05, 3.63) is 35.4 Å². The average molecular weight is 271 g/mol. The molecule has 0 heterocycles. The first-order chi connectivity index (χ1) is 8.96. The normalized spacial score (nSPS) is 16.1. The first kappa shape index (κ1) is 16.1. The summed E-state index contributed by atoms with van der Waals surface area (Å²) < 4.78 is 32.2. The van der Waals surface area contributed by atoms with Gasteiger partial charge in [-0.25, -0.2) is 8.78 Å². The number of rotatable bonds is 7. The van der Waals surface area contributed by atoms with E-state index < -0.39 is 11.6 Å². The van der Waals surface area contributed by atoms with Crippen molar-refractivity contribution in [2.45, 2.75) is 45.3 Å². The van der Waals surface area contributed by atoms with Crippen molar-refractivity contribution in [2.75, 3.05) is 13.7 Å². The molecule has 1 aromatic rings. The van der Waals surface area contributed by atoms with Gasteiger partial charge in [-0.05, 0) is 37.9 Å². The minimum absolute atomic E-state index is 0.0209. The molecule has 1 aromatic carbocycles. The highest BCUT2D eigenvalue weighted by atomic mass is 19.1. The van der Waals surface area contributed by atoms with E-state index in [1.54, 1.807) is 7.11 Å². The van der Waals surface area contributed by atoms with E-state index in [9.17, 15) is 8.78 Å². The Kier molecular flexibility index (Phi) is 5.88. The second-order valence-corrected chi connectivity index (χ2v) is 4.92. The third kappa shape index (κ3) is 3.98. The van der Waals surface area contributed by atoms with Crippen molar-refractivity contribution in [1.29, 1.82) is 0 Å². The highest BCUT2D eigenvalue weighted by Crippen LogP contribution is 2.23. The first-order valence-corrected chi connectivity index (χ1v) is 6.69. The summed E-state index contributed by atoms with van der Waals surface area (Å²) in [6.07, 6.45) is 1.28. The predicted octanol–water partition coefficient (Wildman–Crippen LogP) is 3.30. The number of hydrogen-bond acceptors (Lipinski definition) is 2. The molecule has 0 amide bonds. The Labute approximate surface area is 114 Å². The molecule has 0 spiro atoms. The maximum absolute atomic E-state index is 13.7. The number of nitrogens with one attached hydrogen (secondary N) is 1. The Hall–Kier alpha value is -1.00. The summed E-state index contributed by atoms with van der Waals surface area (Å²) >= 11 is 0. The van der Waals surface area contributed by atoms with Gasteiger partial charge in [-0.3, -0.25) is 0 Å². The van der Waals surface area contributed by atoms with E-state index in [2.05, 4.69) is 5.32 Å². The molecule has 0 aromatic heterocycles. The van der Waals surface area contributed by atoms with Gasteiger partial charge in [-0.15, -0.1) is 0 Å².